The number of aliphatic carboxylic acids is 1. The lowest BCUT2D eigenvalue weighted by Crippen LogP contribution is -2.48. The highest BCUT2D eigenvalue weighted by Crippen LogP contribution is 2.02. The molecule has 0 aliphatic rings. The van der Waals surface area contributed by atoms with Gasteiger partial charge in [0.2, 0.25) is 0 Å². The van der Waals surface area contributed by atoms with Crippen molar-refractivity contribution in [2.45, 2.75) is 38.8 Å². The summed E-state index contributed by atoms with van der Waals surface area (Å²) in [6.07, 6.45) is 1.06. The van der Waals surface area contributed by atoms with Crippen molar-refractivity contribution < 1.29 is 14.7 Å². The maximum Gasteiger partial charge on any atom is 0.326 e. The van der Waals surface area contributed by atoms with Crippen molar-refractivity contribution in [2.24, 2.45) is 0 Å². The van der Waals surface area contributed by atoms with E-state index in [1.165, 1.54) is 0 Å². The van der Waals surface area contributed by atoms with E-state index < -0.39 is 18.0 Å². The highest BCUT2D eigenvalue weighted by atomic mass is 16.4. The van der Waals surface area contributed by atoms with Crippen molar-refractivity contribution in [1.82, 2.24) is 10.6 Å². The summed E-state index contributed by atoms with van der Waals surface area (Å²) in [4.78, 5) is 22.4. The van der Waals surface area contributed by atoms with Crippen LogP contribution in [-0.2, 0) is 11.2 Å². The molecule has 0 aliphatic heterocycles. The zero-order valence-electron chi connectivity index (χ0n) is 11.2. The molecule has 1 aromatic rings. The first-order valence-corrected chi connectivity index (χ1v) is 6.36. The molecule has 0 aliphatic carbocycles. The van der Waals surface area contributed by atoms with E-state index in [1.54, 1.807) is 6.92 Å². The summed E-state index contributed by atoms with van der Waals surface area (Å²) in [5, 5.41) is 14.0. The predicted octanol–water partition coefficient (Wildman–Crippen LogP) is 1.78. The van der Waals surface area contributed by atoms with Crippen LogP contribution in [0.3, 0.4) is 0 Å². The highest BCUT2D eigenvalue weighted by molar-refractivity contribution is 5.82. The van der Waals surface area contributed by atoms with E-state index in [0.29, 0.717) is 12.8 Å². The number of rotatable bonds is 6. The number of hydrogen-bond acceptors (Lipinski definition) is 2. The van der Waals surface area contributed by atoms with Gasteiger partial charge in [-0.25, -0.2) is 9.59 Å². The van der Waals surface area contributed by atoms with Gasteiger partial charge in [-0.3, -0.25) is 0 Å². The summed E-state index contributed by atoms with van der Waals surface area (Å²) in [5.74, 6) is -1.02. The average Bonchev–Trinajstić information content (AvgIpc) is 2.36. The predicted molar refractivity (Wildman–Crippen MR) is 73.0 cm³/mol. The number of carboxylic acid groups (broad SMARTS) is 1. The summed E-state index contributed by atoms with van der Waals surface area (Å²) < 4.78 is 0. The Bertz CT molecular complexity index is 420. The third-order valence-corrected chi connectivity index (χ3v) is 2.77. The van der Waals surface area contributed by atoms with Gasteiger partial charge in [0.1, 0.15) is 6.04 Å². The van der Waals surface area contributed by atoms with Crippen LogP contribution < -0.4 is 10.6 Å². The van der Waals surface area contributed by atoms with Crippen molar-refractivity contribution >= 4 is 12.0 Å². The summed E-state index contributed by atoms with van der Waals surface area (Å²) in [6.45, 7) is 3.60. The van der Waals surface area contributed by atoms with E-state index in [1.807, 2.05) is 37.3 Å². The zero-order chi connectivity index (χ0) is 14.3. The molecule has 5 heteroatoms. The van der Waals surface area contributed by atoms with Crippen LogP contribution in [0.4, 0.5) is 4.79 Å². The Hall–Kier alpha value is -2.04. The Kier molecular flexibility index (Phi) is 5.85. The molecule has 0 aromatic heterocycles. The Balaban J connectivity index is 2.42. The van der Waals surface area contributed by atoms with Gasteiger partial charge in [0.05, 0.1) is 0 Å². The van der Waals surface area contributed by atoms with Gasteiger partial charge in [0.15, 0.2) is 0 Å². The third kappa shape index (κ3) is 5.42. The molecule has 0 fully saturated rings. The lowest BCUT2D eigenvalue weighted by molar-refractivity contribution is -0.139. The highest BCUT2D eigenvalue weighted by Gasteiger charge is 2.18. The fraction of sp³-hybridized carbons (Fsp3) is 0.429. The lowest BCUT2D eigenvalue weighted by atomic mass is 10.1. The minimum absolute atomic E-state index is 0.0614. The van der Waals surface area contributed by atoms with Gasteiger partial charge in [0.25, 0.3) is 0 Å². The van der Waals surface area contributed by atoms with Crippen LogP contribution in [-0.4, -0.2) is 29.2 Å². The van der Waals surface area contributed by atoms with Crippen LogP contribution in [0.2, 0.25) is 0 Å². The van der Waals surface area contributed by atoms with Crippen LogP contribution in [0.15, 0.2) is 30.3 Å². The van der Waals surface area contributed by atoms with Crippen LogP contribution in [0.5, 0.6) is 0 Å². The van der Waals surface area contributed by atoms with E-state index >= 15 is 0 Å². The first-order valence-electron chi connectivity index (χ1n) is 6.36. The number of benzene rings is 1. The molecule has 104 valence electrons. The molecular weight excluding hydrogens is 244 g/mol. The van der Waals surface area contributed by atoms with Crippen molar-refractivity contribution in [1.29, 1.82) is 0 Å². The largest absolute Gasteiger partial charge is 0.480 e. The van der Waals surface area contributed by atoms with E-state index in [-0.39, 0.29) is 6.04 Å². The van der Waals surface area contributed by atoms with Gasteiger partial charge < -0.3 is 15.7 Å². The second-order valence-corrected chi connectivity index (χ2v) is 4.51. The number of carboxylic acids is 1. The van der Waals surface area contributed by atoms with Crippen molar-refractivity contribution in [3.63, 3.8) is 0 Å². The minimum Gasteiger partial charge on any atom is -0.480 e. The Morgan fingerprint density at radius 3 is 2.37 bits per heavy atom. The molecule has 0 spiro atoms. The molecule has 1 aromatic carbocycles. The maximum atomic E-state index is 11.6. The molecule has 2 atom stereocenters. The van der Waals surface area contributed by atoms with Gasteiger partial charge in [-0.15, -0.1) is 0 Å². The second-order valence-electron chi connectivity index (χ2n) is 4.51. The summed E-state index contributed by atoms with van der Waals surface area (Å²) in [6, 6.07) is 8.45. The normalized spacial score (nSPS) is 13.4. The molecule has 0 bridgehead atoms. The monoisotopic (exact) mass is 264 g/mol. The summed E-state index contributed by atoms with van der Waals surface area (Å²) in [7, 11) is 0. The molecular formula is C14H20N2O3. The molecule has 0 saturated carbocycles. The fourth-order valence-electron chi connectivity index (χ4n) is 1.78. The first kappa shape index (κ1) is 15.0. The number of urea groups is 1. The van der Waals surface area contributed by atoms with Crippen molar-refractivity contribution in [2.75, 3.05) is 0 Å². The van der Waals surface area contributed by atoms with Crippen LogP contribution in [0, 0.1) is 0 Å². The number of carbonyl (C=O) groups is 2. The smallest absolute Gasteiger partial charge is 0.326 e. The molecule has 1 unspecified atom stereocenters. The second kappa shape index (κ2) is 7.41. The number of hydrogen-bond donors (Lipinski definition) is 3. The third-order valence-electron chi connectivity index (χ3n) is 2.77. The van der Waals surface area contributed by atoms with E-state index in [2.05, 4.69) is 10.6 Å². The standard InChI is InChI=1S/C14H20N2O3/c1-3-12(13(17)18)16-14(19)15-10(2)9-11-7-5-4-6-8-11/h4-8,10,12H,3,9H2,1-2H3,(H,17,18)(H2,15,16,19)/t10?,12-/m0/s1. The van der Waals surface area contributed by atoms with Gasteiger partial charge in [0, 0.05) is 6.04 Å². The van der Waals surface area contributed by atoms with E-state index in [0.717, 1.165) is 5.56 Å². The van der Waals surface area contributed by atoms with E-state index in [4.69, 9.17) is 5.11 Å². The zero-order valence-corrected chi connectivity index (χ0v) is 11.2. The summed E-state index contributed by atoms with van der Waals surface area (Å²) in [5.41, 5.74) is 1.13. The maximum absolute atomic E-state index is 11.6. The topological polar surface area (TPSA) is 78.4 Å². The van der Waals surface area contributed by atoms with Gasteiger partial charge in [-0.1, -0.05) is 37.3 Å². The van der Waals surface area contributed by atoms with Gasteiger partial charge in [-0.2, -0.15) is 0 Å². The molecule has 2 amide bonds. The lowest BCUT2D eigenvalue weighted by Gasteiger charge is -2.17. The number of nitrogens with one attached hydrogen (secondary N) is 2. The number of amides is 2. The first-order chi connectivity index (χ1) is 9.02. The molecule has 0 radical (unpaired) electrons. The molecule has 1 rings (SSSR count). The molecule has 0 saturated heterocycles. The van der Waals surface area contributed by atoms with E-state index in [9.17, 15) is 9.59 Å². The molecule has 3 N–H and O–H groups in total. The summed E-state index contributed by atoms with van der Waals surface area (Å²) >= 11 is 0. The van der Waals surface area contributed by atoms with Gasteiger partial charge >= 0.3 is 12.0 Å². The fourth-order valence-corrected chi connectivity index (χ4v) is 1.78. The minimum atomic E-state index is -1.02. The van der Waals surface area contributed by atoms with Crippen LogP contribution in [0.1, 0.15) is 25.8 Å². The SMILES string of the molecule is CC[C@H](NC(=O)NC(C)Cc1ccccc1)C(=O)O. The Morgan fingerprint density at radius 2 is 1.84 bits per heavy atom. The van der Waals surface area contributed by atoms with Crippen LogP contribution >= 0.6 is 0 Å². The average molecular weight is 264 g/mol. The molecule has 0 heterocycles. The molecule has 19 heavy (non-hydrogen) atoms. The number of carbonyl (C=O) groups excluding carboxylic acids is 1. The van der Waals surface area contributed by atoms with Crippen molar-refractivity contribution in [3.05, 3.63) is 35.9 Å². The quantitative estimate of drug-likeness (QED) is 0.733. The Morgan fingerprint density at radius 1 is 1.21 bits per heavy atom. The van der Waals surface area contributed by atoms with Crippen LogP contribution in [0.25, 0.3) is 0 Å². The molecule has 5 nitrogen and oxygen atoms in total. The Labute approximate surface area is 113 Å². The van der Waals surface area contributed by atoms with Crippen molar-refractivity contribution in [3.8, 4) is 0 Å². The van der Waals surface area contributed by atoms with Gasteiger partial charge in [-0.05, 0) is 25.3 Å².